The molecule has 0 radical (unpaired) electrons. The van der Waals surface area contributed by atoms with Crippen LogP contribution in [0, 0.1) is 0 Å². The molecule has 162 valence electrons. The van der Waals surface area contributed by atoms with Crippen molar-refractivity contribution in [2.75, 3.05) is 6.54 Å². The summed E-state index contributed by atoms with van der Waals surface area (Å²) in [5.41, 5.74) is 3.18. The summed E-state index contributed by atoms with van der Waals surface area (Å²) in [7, 11) is 0. The first-order valence-corrected chi connectivity index (χ1v) is 11.3. The lowest BCUT2D eigenvalue weighted by Gasteiger charge is -2.05. The first-order valence-electron chi connectivity index (χ1n) is 11.0. The minimum Gasteiger partial charge on any atom is -0.347 e. The van der Waals surface area contributed by atoms with Crippen molar-refractivity contribution in [1.82, 2.24) is 10.7 Å². The van der Waals surface area contributed by atoms with Crippen LogP contribution in [0.25, 0.3) is 0 Å². The Hall–Kier alpha value is -1.88. The van der Waals surface area contributed by atoms with Crippen LogP contribution in [0.2, 0.25) is 5.02 Å². The number of amides is 2. The van der Waals surface area contributed by atoms with Gasteiger partial charge in [0.15, 0.2) is 0 Å². The molecule has 1 aromatic carbocycles. The zero-order chi connectivity index (χ0) is 21.2. The van der Waals surface area contributed by atoms with Crippen molar-refractivity contribution in [3.63, 3.8) is 0 Å². The summed E-state index contributed by atoms with van der Waals surface area (Å²) >= 11 is 5.88. The molecule has 6 heteroatoms. The predicted octanol–water partition coefficient (Wildman–Crippen LogP) is 5.61. The number of unbranched alkanes of at least 4 members (excludes halogenated alkanes) is 10. The zero-order valence-corrected chi connectivity index (χ0v) is 18.5. The second-order valence-electron chi connectivity index (χ2n) is 7.41. The number of nitrogens with zero attached hydrogens (tertiary/aromatic N) is 1. The van der Waals surface area contributed by atoms with Gasteiger partial charge in [-0.2, -0.15) is 5.10 Å². The molecule has 0 spiro atoms. The molecule has 2 N–H and O–H groups in total. The third-order valence-electron chi connectivity index (χ3n) is 4.71. The number of benzene rings is 1. The maximum absolute atomic E-state index is 11.8. The highest BCUT2D eigenvalue weighted by Gasteiger charge is 2.04. The molecule has 0 aliphatic heterocycles. The Balaban J connectivity index is 1.96. The molecule has 2 amide bonds. The minimum atomic E-state index is -0.351. The molecule has 0 saturated carbocycles. The van der Waals surface area contributed by atoms with Gasteiger partial charge in [-0.3, -0.25) is 9.59 Å². The molecule has 0 unspecified atom stereocenters. The molecule has 0 fully saturated rings. The van der Waals surface area contributed by atoms with Gasteiger partial charge in [-0.25, -0.2) is 5.43 Å². The van der Waals surface area contributed by atoms with E-state index in [0.29, 0.717) is 11.4 Å². The van der Waals surface area contributed by atoms with Crippen LogP contribution in [0.5, 0.6) is 0 Å². The van der Waals surface area contributed by atoms with Crippen molar-refractivity contribution < 1.29 is 9.59 Å². The van der Waals surface area contributed by atoms with E-state index in [2.05, 4.69) is 22.8 Å². The molecule has 29 heavy (non-hydrogen) atoms. The standard InChI is InChI=1S/C23H36ClN3O2/c1-2-3-4-5-6-7-8-9-10-11-12-16-22(28)25-19-23(29)27-26-18-20-14-13-15-21(24)17-20/h13-15,17-18H,2-12,16,19H2,1H3,(H,25,28)(H,27,29). The molecule has 5 nitrogen and oxygen atoms in total. The highest BCUT2D eigenvalue weighted by Crippen LogP contribution is 2.12. The Morgan fingerprint density at radius 3 is 2.17 bits per heavy atom. The van der Waals surface area contributed by atoms with Gasteiger partial charge >= 0.3 is 0 Å². The summed E-state index contributed by atoms with van der Waals surface area (Å²) in [5, 5.41) is 7.09. The minimum absolute atomic E-state index is 0.0657. The van der Waals surface area contributed by atoms with Gasteiger partial charge in [-0.1, -0.05) is 94.9 Å². The maximum atomic E-state index is 11.8. The van der Waals surface area contributed by atoms with E-state index in [-0.39, 0.29) is 18.4 Å². The molecule has 1 rings (SSSR count). The average molecular weight is 422 g/mol. The highest BCUT2D eigenvalue weighted by molar-refractivity contribution is 6.30. The van der Waals surface area contributed by atoms with Crippen LogP contribution in [0.3, 0.4) is 0 Å². The Bertz CT molecular complexity index is 620. The van der Waals surface area contributed by atoms with Gasteiger partial charge in [-0.15, -0.1) is 0 Å². The Labute approximate surface area is 180 Å². The summed E-state index contributed by atoms with van der Waals surface area (Å²) in [6.45, 7) is 2.18. The highest BCUT2D eigenvalue weighted by atomic mass is 35.5. The Morgan fingerprint density at radius 1 is 0.931 bits per heavy atom. The molecule has 0 saturated heterocycles. The number of halogens is 1. The van der Waals surface area contributed by atoms with Crippen LogP contribution >= 0.6 is 11.6 Å². The second-order valence-corrected chi connectivity index (χ2v) is 7.85. The number of nitrogens with one attached hydrogen (secondary N) is 2. The summed E-state index contributed by atoms with van der Waals surface area (Å²) in [5.74, 6) is -0.439. The molecular weight excluding hydrogens is 386 g/mol. The fourth-order valence-electron chi connectivity index (χ4n) is 3.02. The van der Waals surface area contributed by atoms with E-state index >= 15 is 0 Å². The van der Waals surface area contributed by atoms with Crippen LogP contribution in [-0.4, -0.2) is 24.6 Å². The lowest BCUT2D eigenvalue weighted by molar-refractivity contribution is -0.126. The monoisotopic (exact) mass is 421 g/mol. The van der Waals surface area contributed by atoms with Gasteiger partial charge in [0.05, 0.1) is 12.8 Å². The van der Waals surface area contributed by atoms with Crippen LogP contribution in [0.15, 0.2) is 29.4 Å². The summed E-state index contributed by atoms with van der Waals surface area (Å²) < 4.78 is 0. The van der Waals surface area contributed by atoms with E-state index in [0.717, 1.165) is 18.4 Å². The van der Waals surface area contributed by atoms with E-state index < -0.39 is 0 Å². The fourth-order valence-corrected chi connectivity index (χ4v) is 3.22. The number of hydrazone groups is 1. The number of carbonyl (C=O) groups excluding carboxylic acids is 2. The molecule has 0 atom stereocenters. The SMILES string of the molecule is CCCCCCCCCCCCCC(=O)NCC(=O)NN=Cc1cccc(Cl)c1. The van der Waals surface area contributed by atoms with Crippen molar-refractivity contribution in [1.29, 1.82) is 0 Å². The van der Waals surface area contributed by atoms with E-state index in [4.69, 9.17) is 11.6 Å². The zero-order valence-electron chi connectivity index (χ0n) is 17.7. The first kappa shape index (κ1) is 25.2. The third-order valence-corrected chi connectivity index (χ3v) is 4.94. The predicted molar refractivity (Wildman–Crippen MR) is 121 cm³/mol. The van der Waals surface area contributed by atoms with E-state index in [1.807, 2.05) is 6.07 Å². The Morgan fingerprint density at radius 2 is 1.55 bits per heavy atom. The summed E-state index contributed by atoms with van der Waals surface area (Å²) in [6, 6.07) is 7.15. The van der Waals surface area contributed by atoms with E-state index in [1.54, 1.807) is 18.2 Å². The second kappa shape index (κ2) is 17.0. The van der Waals surface area contributed by atoms with E-state index in [9.17, 15) is 9.59 Å². The molecular formula is C23H36ClN3O2. The number of rotatable bonds is 16. The lowest BCUT2D eigenvalue weighted by Crippen LogP contribution is -2.34. The fraction of sp³-hybridized carbons (Fsp3) is 0.609. The topological polar surface area (TPSA) is 70.6 Å². The van der Waals surface area contributed by atoms with Crippen LogP contribution in [0.4, 0.5) is 0 Å². The lowest BCUT2D eigenvalue weighted by atomic mass is 10.1. The van der Waals surface area contributed by atoms with E-state index in [1.165, 1.54) is 64.0 Å². The number of hydrogen-bond acceptors (Lipinski definition) is 3. The van der Waals surface area contributed by atoms with Gasteiger partial charge in [0.25, 0.3) is 5.91 Å². The van der Waals surface area contributed by atoms with Gasteiger partial charge in [0.1, 0.15) is 0 Å². The van der Waals surface area contributed by atoms with Crippen LogP contribution in [-0.2, 0) is 9.59 Å². The molecule has 0 aliphatic rings. The van der Waals surface area contributed by atoms with Crippen molar-refractivity contribution >= 4 is 29.6 Å². The van der Waals surface area contributed by atoms with Crippen LogP contribution < -0.4 is 10.7 Å². The Kier molecular flexibility index (Phi) is 14.8. The molecule has 0 aromatic heterocycles. The average Bonchev–Trinajstić information content (AvgIpc) is 2.70. The molecule has 0 aliphatic carbocycles. The number of carbonyl (C=O) groups is 2. The van der Waals surface area contributed by atoms with Gasteiger partial charge in [0, 0.05) is 11.4 Å². The smallest absolute Gasteiger partial charge is 0.259 e. The van der Waals surface area contributed by atoms with Gasteiger partial charge in [0.2, 0.25) is 5.91 Å². The summed E-state index contributed by atoms with van der Waals surface area (Å²) in [6.07, 6.45) is 15.7. The molecule has 0 heterocycles. The van der Waals surface area contributed by atoms with Crippen molar-refractivity contribution in [2.45, 2.75) is 84.0 Å². The number of hydrogen-bond donors (Lipinski definition) is 2. The first-order chi connectivity index (χ1) is 14.1. The normalized spacial score (nSPS) is 11.0. The molecule has 0 bridgehead atoms. The quantitative estimate of drug-likeness (QED) is 0.207. The van der Waals surface area contributed by atoms with Crippen molar-refractivity contribution in [3.05, 3.63) is 34.9 Å². The maximum Gasteiger partial charge on any atom is 0.259 e. The van der Waals surface area contributed by atoms with Gasteiger partial charge < -0.3 is 5.32 Å². The largest absolute Gasteiger partial charge is 0.347 e. The van der Waals surface area contributed by atoms with Crippen molar-refractivity contribution in [2.24, 2.45) is 5.10 Å². The van der Waals surface area contributed by atoms with Crippen molar-refractivity contribution in [3.8, 4) is 0 Å². The van der Waals surface area contributed by atoms with Gasteiger partial charge in [-0.05, 0) is 24.1 Å². The van der Waals surface area contributed by atoms with Crippen LogP contribution in [0.1, 0.15) is 89.5 Å². The summed E-state index contributed by atoms with van der Waals surface area (Å²) in [4.78, 5) is 23.5. The third kappa shape index (κ3) is 14.7. The molecule has 1 aromatic rings.